The van der Waals surface area contributed by atoms with Crippen LogP contribution in [0.3, 0.4) is 0 Å². The number of rotatable bonds is 2. The summed E-state index contributed by atoms with van der Waals surface area (Å²) < 4.78 is 0. The molecule has 0 heterocycles. The van der Waals surface area contributed by atoms with Gasteiger partial charge in [-0.15, -0.1) is 0 Å². The normalized spacial score (nSPS) is 12.5. The average Bonchev–Trinajstić information content (AvgIpc) is 2.08. The van der Waals surface area contributed by atoms with Gasteiger partial charge < -0.3 is 10.2 Å². The van der Waals surface area contributed by atoms with Crippen LogP contribution in [-0.4, -0.2) is 16.2 Å². The number of carboxylic acids is 1. The van der Waals surface area contributed by atoms with Crippen molar-refractivity contribution in [3.8, 4) is 0 Å². The standard InChI is InChI=1S/C10H12O3/c1-6-4-3-5-8(7(6)2)9(11)10(12)13/h3-5,9,11H,1-2H3,(H,12,13). The molecule has 0 amide bonds. The predicted molar refractivity (Wildman–Crippen MR) is 48.5 cm³/mol. The number of benzene rings is 1. The Bertz CT molecular complexity index is 331. The molecule has 1 atom stereocenters. The maximum Gasteiger partial charge on any atom is 0.337 e. The molecule has 13 heavy (non-hydrogen) atoms. The summed E-state index contributed by atoms with van der Waals surface area (Å²) in [5, 5.41) is 17.9. The Morgan fingerprint density at radius 3 is 2.54 bits per heavy atom. The molecule has 0 spiro atoms. The van der Waals surface area contributed by atoms with Gasteiger partial charge in [0, 0.05) is 0 Å². The third-order valence-corrected chi connectivity index (χ3v) is 2.18. The SMILES string of the molecule is Cc1cccc(C(O)C(=O)O)c1C. The lowest BCUT2D eigenvalue weighted by Crippen LogP contribution is -2.12. The Kier molecular flexibility index (Phi) is 2.68. The van der Waals surface area contributed by atoms with Gasteiger partial charge in [-0.2, -0.15) is 0 Å². The molecule has 0 radical (unpaired) electrons. The fraction of sp³-hybridized carbons (Fsp3) is 0.300. The Labute approximate surface area is 76.6 Å². The molecule has 1 unspecified atom stereocenters. The first kappa shape index (κ1) is 9.74. The Hall–Kier alpha value is -1.35. The second-order valence-electron chi connectivity index (χ2n) is 3.03. The van der Waals surface area contributed by atoms with Gasteiger partial charge in [-0.1, -0.05) is 18.2 Å². The molecular formula is C10H12O3. The van der Waals surface area contributed by atoms with Crippen LogP contribution >= 0.6 is 0 Å². The minimum Gasteiger partial charge on any atom is -0.479 e. The Balaban J connectivity index is 3.15. The maximum atomic E-state index is 10.5. The summed E-state index contributed by atoms with van der Waals surface area (Å²) >= 11 is 0. The number of hydrogen-bond acceptors (Lipinski definition) is 2. The summed E-state index contributed by atoms with van der Waals surface area (Å²) in [6.45, 7) is 3.68. The van der Waals surface area contributed by atoms with Gasteiger partial charge in [-0.3, -0.25) is 0 Å². The first-order valence-corrected chi connectivity index (χ1v) is 4.01. The van der Waals surface area contributed by atoms with Gasteiger partial charge in [0.15, 0.2) is 6.10 Å². The summed E-state index contributed by atoms with van der Waals surface area (Å²) in [4.78, 5) is 10.5. The first-order chi connectivity index (χ1) is 6.04. The van der Waals surface area contributed by atoms with Crippen LogP contribution in [0.15, 0.2) is 18.2 Å². The minimum absolute atomic E-state index is 0.465. The number of aliphatic hydroxyl groups excluding tert-OH is 1. The van der Waals surface area contributed by atoms with E-state index in [9.17, 15) is 9.90 Å². The van der Waals surface area contributed by atoms with Crippen molar-refractivity contribution in [2.24, 2.45) is 0 Å². The van der Waals surface area contributed by atoms with E-state index >= 15 is 0 Å². The van der Waals surface area contributed by atoms with Gasteiger partial charge in [-0.05, 0) is 30.5 Å². The first-order valence-electron chi connectivity index (χ1n) is 4.01. The van der Waals surface area contributed by atoms with E-state index in [-0.39, 0.29) is 0 Å². The van der Waals surface area contributed by atoms with Gasteiger partial charge >= 0.3 is 5.97 Å². The minimum atomic E-state index is -1.42. The highest BCUT2D eigenvalue weighted by molar-refractivity contribution is 5.74. The van der Waals surface area contributed by atoms with E-state index < -0.39 is 12.1 Å². The van der Waals surface area contributed by atoms with Crippen molar-refractivity contribution in [3.05, 3.63) is 34.9 Å². The summed E-state index contributed by atoms with van der Waals surface area (Å²) in [5.41, 5.74) is 2.28. The third-order valence-electron chi connectivity index (χ3n) is 2.18. The summed E-state index contributed by atoms with van der Waals surface area (Å²) in [5.74, 6) is -1.21. The maximum absolute atomic E-state index is 10.5. The van der Waals surface area contributed by atoms with Crippen molar-refractivity contribution in [3.63, 3.8) is 0 Å². The van der Waals surface area contributed by atoms with Crippen molar-refractivity contribution < 1.29 is 15.0 Å². The van der Waals surface area contributed by atoms with Crippen LogP contribution in [0.1, 0.15) is 22.8 Å². The number of aryl methyl sites for hydroxylation is 1. The van der Waals surface area contributed by atoms with Gasteiger partial charge in [0.2, 0.25) is 0 Å². The smallest absolute Gasteiger partial charge is 0.337 e. The quantitative estimate of drug-likeness (QED) is 0.723. The molecule has 0 aromatic heterocycles. The van der Waals surface area contributed by atoms with Gasteiger partial charge in [-0.25, -0.2) is 4.79 Å². The fourth-order valence-corrected chi connectivity index (χ4v) is 1.20. The molecule has 2 N–H and O–H groups in total. The number of hydrogen-bond donors (Lipinski definition) is 2. The zero-order chi connectivity index (χ0) is 10.0. The molecule has 1 rings (SSSR count). The van der Waals surface area contributed by atoms with E-state index in [1.165, 1.54) is 0 Å². The lowest BCUT2D eigenvalue weighted by atomic mass is 9.99. The molecular weight excluding hydrogens is 168 g/mol. The predicted octanol–water partition coefficient (Wildman–Crippen LogP) is 1.42. The van der Waals surface area contributed by atoms with Crippen molar-refractivity contribution in [1.29, 1.82) is 0 Å². The summed E-state index contributed by atoms with van der Waals surface area (Å²) in [7, 11) is 0. The molecule has 0 bridgehead atoms. The topological polar surface area (TPSA) is 57.5 Å². The largest absolute Gasteiger partial charge is 0.479 e. The van der Waals surface area contributed by atoms with E-state index in [0.717, 1.165) is 11.1 Å². The van der Waals surface area contributed by atoms with E-state index in [4.69, 9.17) is 5.11 Å². The summed E-state index contributed by atoms with van der Waals surface area (Å²) in [6.07, 6.45) is -1.42. The second-order valence-corrected chi connectivity index (χ2v) is 3.03. The number of aliphatic hydroxyl groups is 1. The van der Waals surface area contributed by atoms with Gasteiger partial charge in [0.05, 0.1) is 0 Å². The Morgan fingerprint density at radius 2 is 2.00 bits per heavy atom. The molecule has 3 heteroatoms. The monoisotopic (exact) mass is 180 g/mol. The zero-order valence-electron chi connectivity index (χ0n) is 7.61. The highest BCUT2D eigenvalue weighted by Gasteiger charge is 2.17. The van der Waals surface area contributed by atoms with E-state index in [0.29, 0.717) is 5.56 Å². The Morgan fingerprint density at radius 1 is 1.38 bits per heavy atom. The van der Waals surface area contributed by atoms with Crippen LogP contribution in [0.25, 0.3) is 0 Å². The van der Waals surface area contributed by atoms with E-state index in [1.807, 2.05) is 13.0 Å². The van der Waals surface area contributed by atoms with Crippen molar-refractivity contribution in [1.82, 2.24) is 0 Å². The number of carboxylic acid groups (broad SMARTS) is 1. The van der Waals surface area contributed by atoms with Crippen LogP contribution in [0, 0.1) is 13.8 Å². The second kappa shape index (κ2) is 3.58. The third kappa shape index (κ3) is 1.87. The lowest BCUT2D eigenvalue weighted by Gasteiger charge is -2.10. The lowest BCUT2D eigenvalue weighted by molar-refractivity contribution is -0.147. The molecule has 1 aromatic rings. The molecule has 0 aliphatic carbocycles. The molecule has 0 aliphatic heterocycles. The van der Waals surface area contributed by atoms with Gasteiger partial charge in [0.25, 0.3) is 0 Å². The van der Waals surface area contributed by atoms with E-state index in [1.54, 1.807) is 19.1 Å². The van der Waals surface area contributed by atoms with Crippen molar-refractivity contribution in [2.75, 3.05) is 0 Å². The van der Waals surface area contributed by atoms with Crippen LogP contribution in [0.2, 0.25) is 0 Å². The molecule has 0 saturated carbocycles. The van der Waals surface area contributed by atoms with Crippen molar-refractivity contribution >= 4 is 5.97 Å². The van der Waals surface area contributed by atoms with Crippen molar-refractivity contribution in [2.45, 2.75) is 20.0 Å². The van der Waals surface area contributed by atoms with Crippen LogP contribution in [-0.2, 0) is 4.79 Å². The van der Waals surface area contributed by atoms with Crippen LogP contribution < -0.4 is 0 Å². The number of aliphatic carboxylic acids is 1. The highest BCUT2D eigenvalue weighted by atomic mass is 16.4. The molecule has 0 fully saturated rings. The highest BCUT2D eigenvalue weighted by Crippen LogP contribution is 2.20. The van der Waals surface area contributed by atoms with Crippen LogP contribution in [0.5, 0.6) is 0 Å². The van der Waals surface area contributed by atoms with Crippen LogP contribution in [0.4, 0.5) is 0 Å². The van der Waals surface area contributed by atoms with E-state index in [2.05, 4.69) is 0 Å². The van der Waals surface area contributed by atoms with Gasteiger partial charge in [0.1, 0.15) is 0 Å². The fourth-order valence-electron chi connectivity index (χ4n) is 1.20. The summed E-state index contributed by atoms with van der Waals surface area (Å²) in [6, 6.07) is 5.25. The molecule has 70 valence electrons. The molecule has 3 nitrogen and oxygen atoms in total. The molecule has 0 saturated heterocycles. The number of carbonyl (C=O) groups is 1. The molecule has 1 aromatic carbocycles. The average molecular weight is 180 g/mol. The zero-order valence-corrected chi connectivity index (χ0v) is 7.61. The molecule has 0 aliphatic rings.